The molecule has 2 aromatic rings. The van der Waals surface area contributed by atoms with Crippen LogP contribution in [0.15, 0.2) is 29.1 Å². The molecule has 28 heavy (non-hydrogen) atoms. The minimum atomic E-state index is -0.708. The Kier molecular flexibility index (Phi) is 5.80. The highest BCUT2D eigenvalue weighted by Crippen LogP contribution is 2.35. The molecule has 0 bridgehead atoms. The van der Waals surface area contributed by atoms with Crippen molar-refractivity contribution in [3.8, 4) is 6.07 Å². The SMILES string of the molecule is CC1CCC(C#N)(N(C)C(=O)CN(C)Cc2nc3ccccc3c(=O)[nH]2)CC1. The fourth-order valence-electron chi connectivity index (χ4n) is 3.86. The number of fused-ring (bicyclic) bond motifs is 1. The monoisotopic (exact) mass is 381 g/mol. The van der Waals surface area contributed by atoms with E-state index in [4.69, 9.17) is 0 Å². The number of nitrogens with zero attached hydrogens (tertiary/aromatic N) is 4. The number of aromatic nitrogens is 2. The molecule has 7 heteroatoms. The van der Waals surface area contributed by atoms with Crippen LogP contribution in [-0.4, -0.2) is 51.9 Å². The maximum absolute atomic E-state index is 12.8. The van der Waals surface area contributed by atoms with Crippen LogP contribution in [0.1, 0.15) is 38.4 Å². The molecule has 1 saturated carbocycles. The second-order valence-electron chi connectivity index (χ2n) is 7.98. The third kappa shape index (κ3) is 4.07. The van der Waals surface area contributed by atoms with Crippen LogP contribution in [0, 0.1) is 17.2 Å². The molecule has 1 aromatic carbocycles. The van der Waals surface area contributed by atoms with Crippen LogP contribution in [0.3, 0.4) is 0 Å². The van der Waals surface area contributed by atoms with Crippen molar-refractivity contribution in [3.05, 3.63) is 40.4 Å². The number of nitrogens with one attached hydrogen (secondary N) is 1. The molecule has 1 aromatic heterocycles. The predicted molar refractivity (Wildman–Crippen MR) is 107 cm³/mol. The quantitative estimate of drug-likeness (QED) is 0.858. The molecule has 1 heterocycles. The molecule has 1 fully saturated rings. The second kappa shape index (κ2) is 8.11. The first-order chi connectivity index (χ1) is 13.3. The Morgan fingerprint density at radius 2 is 2.00 bits per heavy atom. The van der Waals surface area contributed by atoms with Crippen LogP contribution >= 0.6 is 0 Å². The normalized spacial score (nSPS) is 22.2. The van der Waals surface area contributed by atoms with E-state index < -0.39 is 5.54 Å². The number of carbonyl (C=O) groups excluding carboxylic acids is 1. The molecule has 0 unspecified atom stereocenters. The lowest BCUT2D eigenvalue weighted by Gasteiger charge is -2.41. The first-order valence-electron chi connectivity index (χ1n) is 9.69. The van der Waals surface area contributed by atoms with Gasteiger partial charge in [-0.2, -0.15) is 5.26 Å². The van der Waals surface area contributed by atoms with E-state index in [1.165, 1.54) is 0 Å². The molecule has 0 aliphatic heterocycles. The fourth-order valence-corrected chi connectivity index (χ4v) is 3.86. The molecule has 1 aliphatic carbocycles. The topological polar surface area (TPSA) is 93.1 Å². The van der Waals surface area contributed by atoms with Gasteiger partial charge in [0.1, 0.15) is 11.4 Å². The van der Waals surface area contributed by atoms with Crippen molar-refractivity contribution in [2.24, 2.45) is 5.92 Å². The van der Waals surface area contributed by atoms with Crippen molar-refractivity contribution < 1.29 is 4.79 Å². The van der Waals surface area contributed by atoms with Gasteiger partial charge in [-0.15, -0.1) is 0 Å². The largest absolute Gasteiger partial charge is 0.326 e. The maximum Gasteiger partial charge on any atom is 0.258 e. The van der Waals surface area contributed by atoms with E-state index in [-0.39, 0.29) is 18.0 Å². The molecule has 0 atom stereocenters. The molecule has 3 rings (SSSR count). The summed E-state index contributed by atoms with van der Waals surface area (Å²) in [6.07, 6.45) is 3.36. The molecular weight excluding hydrogens is 354 g/mol. The highest BCUT2D eigenvalue weighted by molar-refractivity contribution is 5.79. The lowest BCUT2D eigenvalue weighted by atomic mass is 9.77. The highest BCUT2D eigenvalue weighted by atomic mass is 16.2. The molecule has 1 aliphatic rings. The molecule has 0 spiro atoms. The van der Waals surface area contributed by atoms with E-state index in [9.17, 15) is 14.9 Å². The number of likely N-dealkylation sites (N-methyl/N-ethyl adjacent to an activating group) is 2. The van der Waals surface area contributed by atoms with Gasteiger partial charge in [-0.3, -0.25) is 14.5 Å². The van der Waals surface area contributed by atoms with Crippen LogP contribution in [0.4, 0.5) is 0 Å². The van der Waals surface area contributed by atoms with Crippen LogP contribution in [-0.2, 0) is 11.3 Å². The Hall–Kier alpha value is -2.72. The number of hydrogen-bond acceptors (Lipinski definition) is 5. The number of amides is 1. The summed E-state index contributed by atoms with van der Waals surface area (Å²) in [5.41, 5.74) is -0.255. The van der Waals surface area contributed by atoms with Gasteiger partial charge in [0.25, 0.3) is 5.56 Å². The Bertz CT molecular complexity index is 953. The Balaban J connectivity index is 1.67. The summed E-state index contributed by atoms with van der Waals surface area (Å²) in [7, 11) is 3.54. The number of H-pyrrole nitrogens is 1. The smallest absolute Gasteiger partial charge is 0.258 e. The van der Waals surface area contributed by atoms with E-state index in [0.29, 0.717) is 29.2 Å². The zero-order chi connectivity index (χ0) is 20.3. The van der Waals surface area contributed by atoms with Gasteiger partial charge in [0.05, 0.1) is 30.1 Å². The number of nitriles is 1. The zero-order valence-corrected chi connectivity index (χ0v) is 16.7. The summed E-state index contributed by atoms with van der Waals surface area (Å²) in [4.78, 5) is 35.7. The van der Waals surface area contributed by atoms with Crippen molar-refractivity contribution in [2.45, 2.75) is 44.7 Å². The van der Waals surface area contributed by atoms with Crippen molar-refractivity contribution >= 4 is 16.8 Å². The Morgan fingerprint density at radius 1 is 1.32 bits per heavy atom. The predicted octanol–water partition coefficient (Wildman–Crippen LogP) is 2.29. The molecular formula is C21H27N5O2. The van der Waals surface area contributed by atoms with Crippen molar-refractivity contribution in [3.63, 3.8) is 0 Å². The summed E-state index contributed by atoms with van der Waals surface area (Å²) >= 11 is 0. The van der Waals surface area contributed by atoms with E-state index >= 15 is 0 Å². The second-order valence-corrected chi connectivity index (χ2v) is 7.98. The van der Waals surface area contributed by atoms with E-state index in [1.54, 1.807) is 30.1 Å². The van der Waals surface area contributed by atoms with E-state index in [0.717, 1.165) is 25.7 Å². The third-order valence-corrected chi connectivity index (χ3v) is 5.81. The zero-order valence-electron chi connectivity index (χ0n) is 16.7. The molecule has 0 saturated heterocycles. The van der Waals surface area contributed by atoms with Gasteiger partial charge < -0.3 is 9.88 Å². The Labute approximate surface area is 165 Å². The summed E-state index contributed by atoms with van der Waals surface area (Å²) < 4.78 is 0. The molecule has 148 valence electrons. The molecule has 1 amide bonds. The third-order valence-electron chi connectivity index (χ3n) is 5.81. The highest BCUT2D eigenvalue weighted by Gasteiger charge is 2.40. The van der Waals surface area contributed by atoms with Crippen molar-refractivity contribution in [1.29, 1.82) is 5.26 Å². The van der Waals surface area contributed by atoms with Crippen LogP contribution in [0.2, 0.25) is 0 Å². The van der Waals surface area contributed by atoms with Gasteiger partial charge in [-0.05, 0) is 50.8 Å². The van der Waals surface area contributed by atoms with Crippen LogP contribution in [0.25, 0.3) is 10.9 Å². The standard InChI is InChI=1S/C21H27N5O2/c1-15-8-10-21(14-22,11-9-15)26(3)19(27)13-25(2)12-18-23-17-7-5-4-6-16(17)20(28)24-18/h4-7,15H,8-13H2,1-3H3,(H,23,24,28). The number of rotatable bonds is 5. The lowest BCUT2D eigenvalue weighted by Crippen LogP contribution is -2.52. The van der Waals surface area contributed by atoms with Crippen LogP contribution in [0.5, 0.6) is 0 Å². The minimum absolute atomic E-state index is 0.0956. The molecule has 0 radical (unpaired) electrons. The summed E-state index contributed by atoms with van der Waals surface area (Å²) in [6, 6.07) is 9.57. The van der Waals surface area contributed by atoms with Gasteiger partial charge >= 0.3 is 0 Å². The summed E-state index contributed by atoms with van der Waals surface area (Å²) in [6.45, 7) is 2.69. The maximum atomic E-state index is 12.8. The van der Waals surface area contributed by atoms with Gasteiger partial charge in [0.2, 0.25) is 5.91 Å². The van der Waals surface area contributed by atoms with E-state index in [2.05, 4.69) is 23.0 Å². The average Bonchev–Trinajstić information content (AvgIpc) is 2.68. The first kappa shape index (κ1) is 20.0. The van der Waals surface area contributed by atoms with Crippen molar-refractivity contribution in [1.82, 2.24) is 19.8 Å². The van der Waals surface area contributed by atoms with Gasteiger partial charge in [-0.1, -0.05) is 19.1 Å². The first-order valence-corrected chi connectivity index (χ1v) is 9.69. The molecule has 7 nitrogen and oxygen atoms in total. The Morgan fingerprint density at radius 3 is 2.68 bits per heavy atom. The van der Waals surface area contributed by atoms with Gasteiger partial charge in [0, 0.05) is 7.05 Å². The number of aromatic amines is 1. The number of para-hydroxylation sites is 1. The van der Waals surface area contributed by atoms with Gasteiger partial charge in [0.15, 0.2) is 0 Å². The van der Waals surface area contributed by atoms with Crippen LogP contribution < -0.4 is 5.56 Å². The van der Waals surface area contributed by atoms with Gasteiger partial charge in [-0.25, -0.2) is 4.98 Å². The number of hydrogen-bond donors (Lipinski definition) is 1. The van der Waals surface area contributed by atoms with E-state index in [1.807, 2.05) is 18.0 Å². The summed E-state index contributed by atoms with van der Waals surface area (Å²) in [5, 5.41) is 10.3. The van der Waals surface area contributed by atoms with Crippen molar-refractivity contribution in [2.75, 3.05) is 20.6 Å². The summed E-state index contributed by atoms with van der Waals surface area (Å²) in [5.74, 6) is 1.02. The molecule has 1 N–H and O–H groups in total. The average molecular weight is 381 g/mol. The lowest BCUT2D eigenvalue weighted by molar-refractivity contribution is -0.136. The minimum Gasteiger partial charge on any atom is -0.326 e. The number of carbonyl (C=O) groups is 1. The number of benzene rings is 1. The fraction of sp³-hybridized carbons (Fsp3) is 0.524.